The number of rotatable bonds is 4. The summed E-state index contributed by atoms with van der Waals surface area (Å²) < 4.78 is 5.31. The molecule has 0 unspecified atom stereocenters. The topological polar surface area (TPSA) is 41.6 Å². The Morgan fingerprint density at radius 3 is 2.75 bits per heavy atom. The van der Waals surface area contributed by atoms with Crippen molar-refractivity contribution < 1.29 is 9.53 Å². The summed E-state index contributed by atoms with van der Waals surface area (Å²) in [5, 5.41) is 3.08. The minimum Gasteiger partial charge on any atom is -0.366 e. The van der Waals surface area contributed by atoms with Gasteiger partial charge >= 0.3 is 0 Å². The molecule has 12 heavy (non-hydrogen) atoms. The highest BCUT2D eigenvalue weighted by atomic mass is 16.5. The van der Waals surface area contributed by atoms with E-state index in [4.69, 9.17) is 4.74 Å². The van der Waals surface area contributed by atoms with E-state index in [1.165, 1.54) is 0 Å². The molecule has 1 fully saturated rings. The molecule has 0 aromatic carbocycles. The van der Waals surface area contributed by atoms with Crippen LogP contribution in [0.4, 0.5) is 0 Å². The number of carbonyl (C=O) groups excluding carboxylic acids is 1. The van der Waals surface area contributed by atoms with Crippen LogP contribution in [0.3, 0.4) is 0 Å². The zero-order chi connectivity index (χ0) is 8.97. The third kappa shape index (κ3) is 2.46. The van der Waals surface area contributed by atoms with Gasteiger partial charge in [-0.3, -0.25) is 4.79 Å². The van der Waals surface area contributed by atoms with Gasteiger partial charge in [0.2, 0.25) is 5.91 Å². The molecule has 0 saturated carbocycles. The van der Waals surface area contributed by atoms with Gasteiger partial charge < -0.3 is 15.0 Å². The van der Waals surface area contributed by atoms with Gasteiger partial charge in [0.1, 0.15) is 6.61 Å². The second-order valence-electron chi connectivity index (χ2n) is 3.00. The Kier molecular flexibility index (Phi) is 3.49. The van der Waals surface area contributed by atoms with E-state index in [2.05, 4.69) is 5.32 Å². The molecule has 1 amide bonds. The first-order valence-electron chi connectivity index (χ1n) is 4.30. The Bertz CT molecular complexity index is 157. The Hall–Kier alpha value is -0.610. The number of likely N-dealkylation sites (N-methyl/N-ethyl adjacent to an activating group) is 1. The number of hydrogen-bond donors (Lipinski definition) is 1. The molecule has 1 aliphatic rings. The molecule has 0 aliphatic carbocycles. The van der Waals surface area contributed by atoms with Gasteiger partial charge in [0.25, 0.3) is 0 Å². The summed E-state index contributed by atoms with van der Waals surface area (Å²) in [7, 11) is 1.78. The number of ether oxygens (including phenoxy) is 1. The molecule has 0 radical (unpaired) electrons. The Labute approximate surface area is 72.9 Å². The van der Waals surface area contributed by atoms with Gasteiger partial charge in [0.15, 0.2) is 0 Å². The number of nitrogens with one attached hydrogen (secondary N) is 1. The van der Waals surface area contributed by atoms with Crippen LogP contribution in [0.15, 0.2) is 0 Å². The largest absolute Gasteiger partial charge is 0.366 e. The fourth-order valence-electron chi connectivity index (χ4n) is 0.856. The lowest BCUT2D eigenvalue weighted by molar-refractivity contribution is -0.137. The van der Waals surface area contributed by atoms with E-state index in [0.29, 0.717) is 0 Å². The lowest BCUT2D eigenvalue weighted by Gasteiger charge is -2.27. The fourth-order valence-corrected chi connectivity index (χ4v) is 0.856. The number of hydrogen-bond acceptors (Lipinski definition) is 3. The van der Waals surface area contributed by atoms with Crippen LogP contribution in [-0.2, 0) is 9.53 Å². The highest BCUT2D eigenvalue weighted by Crippen LogP contribution is 1.98. The molecule has 1 N–H and O–H groups in total. The summed E-state index contributed by atoms with van der Waals surface area (Å²) in [5.74, 6) is 0.0596. The zero-order valence-corrected chi connectivity index (χ0v) is 7.67. The van der Waals surface area contributed by atoms with Crippen LogP contribution < -0.4 is 5.32 Å². The average molecular weight is 172 g/mol. The van der Waals surface area contributed by atoms with Crippen LogP contribution in [0.5, 0.6) is 0 Å². The van der Waals surface area contributed by atoms with Crippen LogP contribution in [0, 0.1) is 0 Å². The molecule has 1 aliphatic heterocycles. The number of carbonyl (C=O) groups is 1. The van der Waals surface area contributed by atoms with Gasteiger partial charge in [-0.05, 0) is 6.92 Å². The van der Waals surface area contributed by atoms with Crippen molar-refractivity contribution in [2.75, 3.05) is 33.3 Å². The minimum absolute atomic E-state index is 0.0596. The SMILES string of the molecule is CCN(C)C(=O)COC1CNC1. The first-order valence-corrected chi connectivity index (χ1v) is 4.30. The van der Waals surface area contributed by atoms with E-state index in [9.17, 15) is 4.79 Å². The summed E-state index contributed by atoms with van der Waals surface area (Å²) in [6.07, 6.45) is 0.249. The smallest absolute Gasteiger partial charge is 0.248 e. The van der Waals surface area contributed by atoms with Crippen molar-refractivity contribution in [3.8, 4) is 0 Å². The van der Waals surface area contributed by atoms with Crippen LogP contribution >= 0.6 is 0 Å². The van der Waals surface area contributed by atoms with Gasteiger partial charge in [0, 0.05) is 26.7 Å². The first kappa shape index (κ1) is 9.48. The molecule has 4 nitrogen and oxygen atoms in total. The van der Waals surface area contributed by atoms with Gasteiger partial charge in [-0.1, -0.05) is 0 Å². The highest BCUT2D eigenvalue weighted by Gasteiger charge is 2.18. The maximum Gasteiger partial charge on any atom is 0.248 e. The van der Waals surface area contributed by atoms with E-state index < -0.39 is 0 Å². The van der Waals surface area contributed by atoms with Crippen LogP contribution in [0.1, 0.15) is 6.92 Å². The maximum atomic E-state index is 11.2. The van der Waals surface area contributed by atoms with Crippen molar-refractivity contribution in [1.82, 2.24) is 10.2 Å². The summed E-state index contributed by atoms with van der Waals surface area (Å²) in [6, 6.07) is 0. The van der Waals surface area contributed by atoms with E-state index in [1.807, 2.05) is 6.92 Å². The molecule has 1 rings (SSSR count). The standard InChI is InChI=1S/C8H16N2O2/c1-3-10(2)8(11)6-12-7-4-9-5-7/h7,9H,3-6H2,1-2H3. The van der Waals surface area contributed by atoms with Crippen molar-refractivity contribution in [1.29, 1.82) is 0 Å². The summed E-state index contributed by atoms with van der Waals surface area (Å²) in [6.45, 7) is 4.66. The molecule has 0 aromatic heterocycles. The lowest BCUT2D eigenvalue weighted by Crippen LogP contribution is -2.49. The summed E-state index contributed by atoms with van der Waals surface area (Å²) in [4.78, 5) is 12.9. The number of nitrogens with zero attached hydrogens (tertiary/aromatic N) is 1. The second-order valence-corrected chi connectivity index (χ2v) is 3.00. The highest BCUT2D eigenvalue weighted by molar-refractivity contribution is 5.77. The monoisotopic (exact) mass is 172 g/mol. The predicted octanol–water partition coefficient (Wildman–Crippen LogP) is -0.547. The molecule has 70 valence electrons. The Balaban J connectivity index is 2.08. The minimum atomic E-state index is 0.0596. The second kappa shape index (κ2) is 4.42. The van der Waals surface area contributed by atoms with Crippen molar-refractivity contribution in [2.24, 2.45) is 0 Å². The van der Waals surface area contributed by atoms with Crippen LogP contribution in [0.25, 0.3) is 0 Å². The van der Waals surface area contributed by atoms with Gasteiger partial charge in [0.05, 0.1) is 6.10 Å². The molecule has 0 aromatic rings. The van der Waals surface area contributed by atoms with E-state index in [0.717, 1.165) is 19.6 Å². The van der Waals surface area contributed by atoms with E-state index >= 15 is 0 Å². The van der Waals surface area contributed by atoms with Gasteiger partial charge in [-0.2, -0.15) is 0 Å². The maximum absolute atomic E-state index is 11.2. The van der Waals surface area contributed by atoms with Gasteiger partial charge in [-0.25, -0.2) is 0 Å². The Morgan fingerprint density at radius 2 is 2.33 bits per heavy atom. The molecule has 1 saturated heterocycles. The average Bonchev–Trinajstić information content (AvgIpc) is 2.00. The van der Waals surface area contributed by atoms with Crippen molar-refractivity contribution >= 4 is 5.91 Å². The molecule has 0 spiro atoms. The molecular weight excluding hydrogens is 156 g/mol. The van der Waals surface area contributed by atoms with Crippen molar-refractivity contribution in [3.05, 3.63) is 0 Å². The third-order valence-corrected chi connectivity index (χ3v) is 2.09. The summed E-state index contributed by atoms with van der Waals surface area (Å²) >= 11 is 0. The van der Waals surface area contributed by atoms with Gasteiger partial charge in [-0.15, -0.1) is 0 Å². The van der Waals surface area contributed by atoms with Crippen molar-refractivity contribution in [3.63, 3.8) is 0 Å². The quantitative estimate of drug-likeness (QED) is 0.619. The molecular formula is C8H16N2O2. The van der Waals surface area contributed by atoms with Crippen LogP contribution in [-0.4, -0.2) is 50.2 Å². The third-order valence-electron chi connectivity index (χ3n) is 2.09. The fraction of sp³-hybridized carbons (Fsp3) is 0.875. The lowest BCUT2D eigenvalue weighted by atomic mass is 10.2. The van der Waals surface area contributed by atoms with Crippen molar-refractivity contribution in [2.45, 2.75) is 13.0 Å². The van der Waals surface area contributed by atoms with Crippen LogP contribution in [0.2, 0.25) is 0 Å². The van der Waals surface area contributed by atoms with E-state index in [1.54, 1.807) is 11.9 Å². The summed E-state index contributed by atoms with van der Waals surface area (Å²) in [5.41, 5.74) is 0. The molecule has 1 heterocycles. The number of amides is 1. The first-order chi connectivity index (χ1) is 5.74. The zero-order valence-electron chi connectivity index (χ0n) is 7.67. The molecule has 0 atom stereocenters. The van der Waals surface area contributed by atoms with E-state index in [-0.39, 0.29) is 18.6 Å². The molecule has 0 bridgehead atoms. The predicted molar refractivity (Wildman–Crippen MR) is 45.9 cm³/mol. The normalized spacial score (nSPS) is 17.2. The Morgan fingerprint density at radius 1 is 1.67 bits per heavy atom. The molecule has 4 heteroatoms.